The van der Waals surface area contributed by atoms with Gasteiger partial charge in [0.05, 0.1) is 17.3 Å². The zero-order chi connectivity index (χ0) is 19.3. The van der Waals surface area contributed by atoms with Gasteiger partial charge >= 0.3 is 0 Å². The molecule has 28 heavy (non-hydrogen) atoms. The molecule has 0 atom stereocenters. The predicted molar refractivity (Wildman–Crippen MR) is 103 cm³/mol. The SMILES string of the molecule is CN(c1nc(C(F)F)nc2ccccc12)C1CN(c2cc3c(nn2)CCC3)C1. The highest BCUT2D eigenvalue weighted by Crippen LogP contribution is 2.31. The molecule has 0 unspecified atom stereocenters. The highest BCUT2D eigenvalue weighted by Gasteiger charge is 2.33. The van der Waals surface area contributed by atoms with E-state index in [-0.39, 0.29) is 6.04 Å². The Kier molecular flexibility index (Phi) is 4.07. The molecule has 144 valence electrons. The van der Waals surface area contributed by atoms with E-state index >= 15 is 0 Å². The minimum Gasteiger partial charge on any atom is -0.352 e. The Morgan fingerprint density at radius 2 is 1.93 bits per heavy atom. The quantitative estimate of drug-likeness (QED) is 0.691. The largest absolute Gasteiger partial charge is 0.352 e. The van der Waals surface area contributed by atoms with E-state index in [4.69, 9.17) is 0 Å². The molecule has 0 saturated carbocycles. The number of aromatic nitrogens is 4. The first-order valence-corrected chi connectivity index (χ1v) is 9.48. The van der Waals surface area contributed by atoms with Crippen molar-refractivity contribution in [1.82, 2.24) is 20.2 Å². The van der Waals surface area contributed by atoms with Gasteiger partial charge in [0.1, 0.15) is 5.82 Å². The second-order valence-electron chi connectivity index (χ2n) is 7.42. The first kappa shape index (κ1) is 17.2. The fourth-order valence-corrected chi connectivity index (χ4v) is 3.98. The van der Waals surface area contributed by atoms with Crippen molar-refractivity contribution in [2.24, 2.45) is 0 Å². The van der Waals surface area contributed by atoms with Crippen molar-refractivity contribution in [1.29, 1.82) is 0 Å². The van der Waals surface area contributed by atoms with E-state index in [0.29, 0.717) is 11.3 Å². The number of halogens is 2. The van der Waals surface area contributed by atoms with Crippen LogP contribution in [0.1, 0.15) is 29.9 Å². The molecule has 0 bridgehead atoms. The van der Waals surface area contributed by atoms with Gasteiger partial charge in [-0.25, -0.2) is 18.7 Å². The van der Waals surface area contributed by atoms with E-state index in [1.807, 2.05) is 24.1 Å². The van der Waals surface area contributed by atoms with Gasteiger partial charge < -0.3 is 9.80 Å². The average molecular weight is 382 g/mol. The summed E-state index contributed by atoms with van der Waals surface area (Å²) in [5.41, 5.74) is 2.95. The fraction of sp³-hybridized carbons (Fsp3) is 0.400. The van der Waals surface area contributed by atoms with Crippen LogP contribution in [-0.4, -0.2) is 46.3 Å². The minimum absolute atomic E-state index is 0.166. The summed E-state index contributed by atoms with van der Waals surface area (Å²) in [5.74, 6) is 1.01. The van der Waals surface area contributed by atoms with Crippen molar-refractivity contribution in [3.63, 3.8) is 0 Å². The van der Waals surface area contributed by atoms with Gasteiger partial charge in [0, 0.05) is 25.5 Å². The number of anilines is 2. The maximum absolute atomic E-state index is 13.3. The summed E-state index contributed by atoms with van der Waals surface area (Å²) in [6.45, 7) is 1.51. The summed E-state index contributed by atoms with van der Waals surface area (Å²) in [6, 6.07) is 9.59. The molecular weight excluding hydrogens is 362 g/mol. The maximum Gasteiger partial charge on any atom is 0.297 e. The van der Waals surface area contributed by atoms with Gasteiger partial charge in [-0.15, -0.1) is 5.10 Å². The van der Waals surface area contributed by atoms with Crippen LogP contribution in [0.3, 0.4) is 0 Å². The lowest BCUT2D eigenvalue weighted by molar-refractivity contribution is 0.141. The summed E-state index contributed by atoms with van der Waals surface area (Å²) in [6.07, 6.45) is 0.530. The highest BCUT2D eigenvalue weighted by atomic mass is 19.3. The normalized spacial score (nSPS) is 16.5. The molecule has 2 aliphatic rings. The molecule has 2 aromatic heterocycles. The van der Waals surface area contributed by atoms with E-state index in [0.717, 1.165) is 49.2 Å². The van der Waals surface area contributed by atoms with Crippen molar-refractivity contribution >= 4 is 22.5 Å². The summed E-state index contributed by atoms with van der Waals surface area (Å²) < 4.78 is 26.5. The van der Waals surface area contributed by atoms with Gasteiger partial charge in [0.25, 0.3) is 6.43 Å². The molecule has 3 heterocycles. The van der Waals surface area contributed by atoms with Gasteiger partial charge in [-0.2, -0.15) is 5.10 Å². The molecule has 0 radical (unpaired) electrons. The van der Waals surface area contributed by atoms with Crippen LogP contribution in [0.15, 0.2) is 30.3 Å². The molecule has 1 aromatic carbocycles. The van der Waals surface area contributed by atoms with Crippen LogP contribution in [0, 0.1) is 0 Å². The molecule has 6 nitrogen and oxygen atoms in total. The molecule has 1 fully saturated rings. The smallest absolute Gasteiger partial charge is 0.297 e. The molecule has 3 aromatic rings. The van der Waals surface area contributed by atoms with Gasteiger partial charge in [-0.3, -0.25) is 0 Å². The Labute approximate surface area is 161 Å². The Balaban J connectivity index is 1.38. The lowest BCUT2D eigenvalue weighted by atomic mass is 10.1. The van der Waals surface area contributed by atoms with Crippen LogP contribution in [-0.2, 0) is 12.8 Å². The van der Waals surface area contributed by atoms with Crippen molar-refractivity contribution in [3.05, 3.63) is 47.4 Å². The van der Waals surface area contributed by atoms with Crippen LogP contribution in [0.25, 0.3) is 10.9 Å². The van der Waals surface area contributed by atoms with E-state index in [1.54, 1.807) is 12.1 Å². The van der Waals surface area contributed by atoms with Crippen molar-refractivity contribution < 1.29 is 8.78 Å². The number of hydrogen-bond donors (Lipinski definition) is 0. The van der Waals surface area contributed by atoms with Crippen molar-refractivity contribution in [3.8, 4) is 0 Å². The number of hydrogen-bond acceptors (Lipinski definition) is 6. The molecule has 8 heteroatoms. The monoisotopic (exact) mass is 382 g/mol. The number of nitrogens with zero attached hydrogens (tertiary/aromatic N) is 6. The number of likely N-dealkylation sites (N-methyl/N-ethyl adjacent to an activating group) is 1. The first-order valence-electron chi connectivity index (χ1n) is 9.48. The zero-order valence-corrected chi connectivity index (χ0v) is 15.5. The maximum atomic E-state index is 13.3. The minimum atomic E-state index is -2.70. The first-order chi connectivity index (χ1) is 13.6. The Morgan fingerprint density at radius 3 is 2.75 bits per heavy atom. The fourth-order valence-electron chi connectivity index (χ4n) is 3.98. The number of aryl methyl sites for hydroxylation is 2. The lowest BCUT2D eigenvalue weighted by Crippen LogP contribution is -2.59. The molecular formula is C20H20F2N6. The van der Waals surface area contributed by atoms with Gasteiger partial charge in [0.2, 0.25) is 0 Å². The Bertz CT molecular complexity index is 1030. The summed E-state index contributed by atoms with van der Waals surface area (Å²) in [7, 11) is 1.90. The highest BCUT2D eigenvalue weighted by molar-refractivity contribution is 5.89. The standard InChI is InChI=1S/C20H20F2N6/c1-27(20-14-6-2-3-7-16(14)23-19(24-20)18(21)22)13-10-28(11-13)17-9-12-5-4-8-15(12)25-26-17/h2-3,6-7,9,13,18H,4-5,8,10-11H2,1H3. The van der Waals surface area contributed by atoms with E-state index < -0.39 is 12.2 Å². The molecule has 0 N–H and O–H groups in total. The zero-order valence-electron chi connectivity index (χ0n) is 15.5. The third kappa shape index (κ3) is 2.83. The van der Waals surface area contributed by atoms with Crippen LogP contribution < -0.4 is 9.80 Å². The summed E-state index contributed by atoms with van der Waals surface area (Å²) >= 11 is 0. The molecule has 1 saturated heterocycles. The average Bonchev–Trinajstić information content (AvgIpc) is 3.13. The second kappa shape index (κ2) is 6.61. The van der Waals surface area contributed by atoms with E-state index in [9.17, 15) is 8.78 Å². The second-order valence-corrected chi connectivity index (χ2v) is 7.42. The molecule has 1 aliphatic heterocycles. The number of rotatable bonds is 4. The van der Waals surface area contributed by atoms with Gasteiger partial charge in [-0.05, 0) is 43.0 Å². The van der Waals surface area contributed by atoms with Crippen LogP contribution in [0.2, 0.25) is 0 Å². The van der Waals surface area contributed by atoms with Crippen LogP contribution in [0.5, 0.6) is 0 Å². The Morgan fingerprint density at radius 1 is 1.11 bits per heavy atom. The topological polar surface area (TPSA) is 58.0 Å². The third-order valence-electron chi connectivity index (χ3n) is 5.67. The molecule has 1 aliphatic carbocycles. The molecule has 0 amide bonds. The molecule has 5 rings (SSSR count). The van der Waals surface area contributed by atoms with Crippen molar-refractivity contribution in [2.45, 2.75) is 31.7 Å². The number of para-hydroxylation sites is 1. The van der Waals surface area contributed by atoms with Crippen molar-refractivity contribution in [2.75, 3.05) is 29.9 Å². The number of alkyl halides is 2. The number of fused-ring (bicyclic) bond motifs is 2. The summed E-state index contributed by atoms with van der Waals surface area (Å²) in [5, 5.41) is 9.49. The van der Waals surface area contributed by atoms with Crippen LogP contribution in [0.4, 0.5) is 20.4 Å². The Hall–Kier alpha value is -2.90. The summed E-state index contributed by atoms with van der Waals surface area (Å²) in [4.78, 5) is 12.3. The third-order valence-corrected chi connectivity index (χ3v) is 5.67. The van der Waals surface area contributed by atoms with Gasteiger partial charge in [-0.1, -0.05) is 12.1 Å². The predicted octanol–water partition coefficient (Wildman–Crippen LogP) is 3.17. The lowest BCUT2D eigenvalue weighted by Gasteiger charge is -2.45. The van der Waals surface area contributed by atoms with Gasteiger partial charge in [0.15, 0.2) is 11.6 Å². The molecule has 0 spiro atoms. The van der Waals surface area contributed by atoms with Crippen LogP contribution >= 0.6 is 0 Å². The number of benzene rings is 1. The van der Waals surface area contributed by atoms with E-state index in [1.165, 1.54) is 5.56 Å². The van der Waals surface area contributed by atoms with E-state index in [2.05, 4.69) is 31.1 Å².